The van der Waals surface area contributed by atoms with Gasteiger partial charge in [0.1, 0.15) is 12.1 Å². The molecule has 3 heterocycles. The summed E-state index contributed by atoms with van der Waals surface area (Å²) < 4.78 is 18.5. The maximum Gasteiger partial charge on any atom is 0.257 e. The fourth-order valence-electron chi connectivity index (χ4n) is 4.11. The van der Waals surface area contributed by atoms with Crippen molar-refractivity contribution in [3.63, 3.8) is 0 Å². The van der Waals surface area contributed by atoms with Crippen LogP contribution in [0.5, 0.6) is 0 Å². The number of hydrogen-bond acceptors (Lipinski definition) is 3. The molecule has 2 aromatic rings. The average Bonchev–Trinajstić information content (AvgIpc) is 3.27. The van der Waals surface area contributed by atoms with Crippen LogP contribution in [-0.2, 0) is 11.3 Å². The lowest BCUT2D eigenvalue weighted by Crippen LogP contribution is -2.43. The van der Waals surface area contributed by atoms with E-state index < -0.39 is 0 Å². The maximum atomic E-state index is 13.5. The normalized spacial score (nSPS) is 23.0. The molecule has 0 saturated carbocycles. The summed E-state index contributed by atoms with van der Waals surface area (Å²) in [4.78, 5) is 29.0. The zero-order valence-electron chi connectivity index (χ0n) is 14.4. The Morgan fingerprint density at radius 2 is 2.15 bits per heavy atom. The molecule has 1 aromatic heterocycles. The van der Waals surface area contributed by atoms with Crippen LogP contribution >= 0.6 is 0 Å². The van der Waals surface area contributed by atoms with Crippen molar-refractivity contribution in [1.82, 2.24) is 9.80 Å². The lowest BCUT2D eigenvalue weighted by Gasteiger charge is -2.30. The van der Waals surface area contributed by atoms with Crippen molar-refractivity contribution in [1.29, 1.82) is 0 Å². The summed E-state index contributed by atoms with van der Waals surface area (Å²) in [6, 6.07) is 8.00. The summed E-state index contributed by atoms with van der Waals surface area (Å²) in [5.74, 6) is -0.0280. The number of furan rings is 1. The van der Waals surface area contributed by atoms with Crippen LogP contribution in [0.15, 0.2) is 47.3 Å². The van der Waals surface area contributed by atoms with Gasteiger partial charge < -0.3 is 14.2 Å². The third-order valence-corrected chi connectivity index (χ3v) is 5.39. The second kappa shape index (κ2) is 6.94. The van der Waals surface area contributed by atoms with Crippen molar-refractivity contribution in [3.8, 4) is 0 Å². The van der Waals surface area contributed by atoms with Gasteiger partial charge in [0.05, 0.1) is 17.9 Å². The quantitative estimate of drug-likeness (QED) is 0.849. The van der Waals surface area contributed by atoms with Gasteiger partial charge in [0.15, 0.2) is 0 Å². The minimum absolute atomic E-state index is 0.0240. The van der Waals surface area contributed by atoms with Gasteiger partial charge in [-0.3, -0.25) is 9.59 Å². The molecule has 2 saturated heterocycles. The molecule has 0 spiro atoms. The molecule has 6 heteroatoms. The molecule has 0 bridgehead atoms. The van der Waals surface area contributed by atoms with Crippen molar-refractivity contribution in [3.05, 3.63) is 59.8 Å². The molecule has 1 aromatic carbocycles. The smallest absolute Gasteiger partial charge is 0.257 e. The molecule has 0 radical (unpaired) electrons. The fourth-order valence-corrected chi connectivity index (χ4v) is 4.11. The Morgan fingerprint density at radius 3 is 2.92 bits per heavy atom. The Bertz CT molecular complexity index is 805. The van der Waals surface area contributed by atoms with E-state index in [2.05, 4.69) is 0 Å². The van der Waals surface area contributed by atoms with Crippen LogP contribution in [0.2, 0.25) is 0 Å². The third kappa shape index (κ3) is 3.23. The number of likely N-dealkylation sites (tertiary alicyclic amines) is 2. The number of rotatable bonds is 3. The molecular weight excluding hydrogens is 335 g/mol. The molecule has 2 fully saturated rings. The number of hydrogen-bond donors (Lipinski definition) is 0. The van der Waals surface area contributed by atoms with Gasteiger partial charge >= 0.3 is 0 Å². The van der Waals surface area contributed by atoms with Crippen molar-refractivity contribution in [2.75, 3.05) is 13.1 Å². The van der Waals surface area contributed by atoms with Crippen LogP contribution in [0.4, 0.5) is 4.39 Å². The summed E-state index contributed by atoms with van der Waals surface area (Å²) in [6.45, 7) is 1.53. The molecule has 0 aliphatic carbocycles. The standard InChI is InChI=1S/C20H21FN2O3/c21-17-5-1-3-14(9-17)10-23-18-12-22(20(25)16-7-8-26-13-16)11-15(18)4-2-6-19(23)24/h1,3,5,7-9,13,15,18H,2,4,6,10-12H2/t15-,18+/m1/s1. The van der Waals surface area contributed by atoms with Crippen LogP contribution in [0, 0.1) is 11.7 Å². The Labute approximate surface area is 151 Å². The molecule has 2 amide bonds. The molecule has 26 heavy (non-hydrogen) atoms. The lowest BCUT2D eigenvalue weighted by molar-refractivity contribution is -0.133. The Morgan fingerprint density at radius 1 is 1.27 bits per heavy atom. The Kier molecular flexibility index (Phi) is 4.49. The minimum atomic E-state index is -0.301. The van der Waals surface area contributed by atoms with E-state index in [0.717, 1.165) is 18.4 Å². The van der Waals surface area contributed by atoms with E-state index in [1.165, 1.54) is 24.7 Å². The van der Waals surface area contributed by atoms with Gasteiger partial charge in [-0.05, 0) is 42.5 Å². The number of halogens is 1. The first-order valence-corrected chi connectivity index (χ1v) is 8.97. The highest BCUT2D eigenvalue weighted by Gasteiger charge is 2.42. The highest BCUT2D eigenvalue weighted by molar-refractivity contribution is 5.94. The van der Waals surface area contributed by atoms with Crippen molar-refractivity contribution < 1.29 is 18.4 Å². The highest BCUT2D eigenvalue weighted by Crippen LogP contribution is 2.32. The van der Waals surface area contributed by atoms with E-state index in [1.54, 1.807) is 17.0 Å². The summed E-state index contributed by atoms with van der Waals surface area (Å²) in [7, 11) is 0. The number of carbonyl (C=O) groups is 2. The second-order valence-electron chi connectivity index (χ2n) is 7.09. The summed E-state index contributed by atoms with van der Waals surface area (Å²) in [6.07, 6.45) is 5.20. The summed E-state index contributed by atoms with van der Waals surface area (Å²) >= 11 is 0. The molecule has 2 atom stereocenters. The van der Waals surface area contributed by atoms with Crippen molar-refractivity contribution >= 4 is 11.8 Å². The van der Waals surface area contributed by atoms with Crippen LogP contribution in [-0.4, -0.2) is 40.7 Å². The Hall–Kier alpha value is -2.63. The molecule has 2 aliphatic rings. The highest BCUT2D eigenvalue weighted by atomic mass is 19.1. The molecule has 0 unspecified atom stereocenters. The molecule has 4 rings (SSSR count). The molecule has 5 nitrogen and oxygen atoms in total. The molecule has 2 aliphatic heterocycles. The van der Waals surface area contributed by atoms with Gasteiger partial charge in [-0.1, -0.05) is 12.1 Å². The van der Waals surface area contributed by atoms with Gasteiger partial charge in [0.2, 0.25) is 5.91 Å². The first-order chi connectivity index (χ1) is 12.6. The largest absolute Gasteiger partial charge is 0.472 e. The maximum absolute atomic E-state index is 13.5. The number of amides is 2. The van der Waals surface area contributed by atoms with Crippen LogP contribution in [0.25, 0.3) is 0 Å². The van der Waals surface area contributed by atoms with Gasteiger partial charge in [-0.2, -0.15) is 0 Å². The van der Waals surface area contributed by atoms with Crippen LogP contribution in [0.3, 0.4) is 0 Å². The van der Waals surface area contributed by atoms with Gasteiger partial charge in [0, 0.05) is 26.1 Å². The predicted octanol–water partition coefficient (Wildman–Crippen LogP) is 3.07. The van der Waals surface area contributed by atoms with Crippen LogP contribution in [0.1, 0.15) is 35.2 Å². The van der Waals surface area contributed by atoms with Crippen molar-refractivity contribution in [2.24, 2.45) is 5.92 Å². The van der Waals surface area contributed by atoms with Gasteiger partial charge in [-0.25, -0.2) is 4.39 Å². The summed E-state index contributed by atoms with van der Waals surface area (Å²) in [5.41, 5.74) is 1.31. The van der Waals surface area contributed by atoms with Gasteiger partial charge in [0.25, 0.3) is 5.91 Å². The van der Waals surface area contributed by atoms with E-state index in [9.17, 15) is 14.0 Å². The monoisotopic (exact) mass is 356 g/mol. The van der Waals surface area contributed by atoms with E-state index in [1.807, 2.05) is 11.0 Å². The number of fused-ring (bicyclic) bond motifs is 1. The van der Waals surface area contributed by atoms with Gasteiger partial charge in [-0.15, -0.1) is 0 Å². The first kappa shape index (κ1) is 16.8. The second-order valence-corrected chi connectivity index (χ2v) is 7.09. The average molecular weight is 356 g/mol. The SMILES string of the molecule is O=C(c1ccoc1)N1C[C@H]2CCCC(=O)N(Cc3cccc(F)c3)[C@H]2C1. The summed E-state index contributed by atoms with van der Waals surface area (Å²) in [5, 5.41) is 0. The van der Waals surface area contributed by atoms with E-state index >= 15 is 0 Å². The zero-order chi connectivity index (χ0) is 18.1. The zero-order valence-corrected chi connectivity index (χ0v) is 14.4. The van der Waals surface area contributed by atoms with Crippen LogP contribution < -0.4 is 0 Å². The van der Waals surface area contributed by atoms with E-state index in [4.69, 9.17) is 4.42 Å². The number of benzene rings is 1. The Balaban J connectivity index is 1.55. The molecular formula is C20H21FN2O3. The van der Waals surface area contributed by atoms with Crippen molar-refractivity contribution in [2.45, 2.75) is 31.8 Å². The topological polar surface area (TPSA) is 53.8 Å². The molecule has 0 N–H and O–H groups in total. The predicted molar refractivity (Wildman–Crippen MR) is 92.7 cm³/mol. The first-order valence-electron chi connectivity index (χ1n) is 8.97. The third-order valence-electron chi connectivity index (χ3n) is 5.39. The number of carbonyl (C=O) groups excluding carboxylic acids is 2. The number of nitrogens with zero attached hydrogens (tertiary/aromatic N) is 2. The van der Waals surface area contributed by atoms with E-state index in [-0.39, 0.29) is 29.6 Å². The molecule has 136 valence electrons. The fraction of sp³-hybridized carbons (Fsp3) is 0.400. The lowest BCUT2D eigenvalue weighted by atomic mass is 9.98. The van der Waals surface area contributed by atoms with E-state index in [0.29, 0.717) is 31.6 Å². The minimum Gasteiger partial charge on any atom is -0.472 e.